The molecule has 0 aliphatic carbocycles. The van der Waals surface area contributed by atoms with Gasteiger partial charge in [-0.1, -0.05) is 28.9 Å². The van der Waals surface area contributed by atoms with Crippen LogP contribution < -0.4 is 11.2 Å². The Bertz CT molecular complexity index is 993. The lowest BCUT2D eigenvalue weighted by Gasteiger charge is -2.26. The molecule has 3 heterocycles. The van der Waals surface area contributed by atoms with Crippen molar-refractivity contribution in [1.29, 1.82) is 0 Å². The number of aromatic nitrogens is 5. The molecule has 1 saturated heterocycles. The van der Waals surface area contributed by atoms with Crippen LogP contribution in [0.3, 0.4) is 0 Å². The first-order valence-electron chi connectivity index (χ1n) is 10.8. The van der Waals surface area contributed by atoms with Crippen LogP contribution in [0.25, 0.3) is 5.82 Å². The van der Waals surface area contributed by atoms with Crippen LogP contribution in [-0.4, -0.2) is 55.4 Å². The van der Waals surface area contributed by atoms with Crippen LogP contribution in [0.5, 0.6) is 0 Å². The number of nitrogen functional groups attached to an aromatic ring is 1. The Morgan fingerprint density at radius 1 is 1.22 bits per heavy atom. The van der Waals surface area contributed by atoms with Crippen molar-refractivity contribution in [3.8, 4) is 5.82 Å². The lowest BCUT2D eigenvalue weighted by molar-refractivity contribution is 0.0947. The summed E-state index contributed by atoms with van der Waals surface area (Å²) in [6.07, 6.45) is 11.0. The molecule has 1 amide bonds. The number of nitrogens with one attached hydrogen (secondary N) is 1. The molecule has 0 unspecified atom stereocenters. The fraction of sp³-hybridized carbons (Fsp3) is 0.524. The molecule has 0 saturated carbocycles. The quantitative estimate of drug-likeness (QED) is 0.344. The topological polar surface area (TPSA) is 140 Å². The Labute approximate surface area is 187 Å². The standard InChI is InChI=1S/C21H31N9O2/c1-15(2)8-7-9-16(3)10-11-23-25-21(31)18-17(14-29-12-5-4-6-13-29)30(28-24-18)20-19(22)26-32-27-20/h8,10-11H,4-7,9,12-14H2,1-3H3,(H2,22,26)(H,25,31). The molecule has 3 rings (SSSR count). The number of hydrazone groups is 1. The predicted octanol–water partition coefficient (Wildman–Crippen LogP) is 2.63. The predicted molar refractivity (Wildman–Crippen MR) is 121 cm³/mol. The van der Waals surface area contributed by atoms with Gasteiger partial charge in [-0.15, -0.1) is 5.10 Å². The summed E-state index contributed by atoms with van der Waals surface area (Å²) in [5.74, 6) is -0.166. The van der Waals surface area contributed by atoms with Gasteiger partial charge in [0.25, 0.3) is 5.91 Å². The van der Waals surface area contributed by atoms with E-state index in [2.05, 4.69) is 56.0 Å². The number of hydrogen-bond donors (Lipinski definition) is 2. The van der Waals surface area contributed by atoms with Crippen molar-refractivity contribution >= 4 is 17.9 Å². The van der Waals surface area contributed by atoms with Gasteiger partial charge in [0.05, 0.1) is 5.69 Å². The van der Waals surface area contributed by atoms with E-state index < -0.39 is 5.91 Å². The third-order valence-corrected chi connectivity index (χ3v) is 5.19. The Morgan fingerprint density at radius 3 is 2.69 bits per heavy atom. The second-order valence-corrected chi connectivity index (χ2v) is 8.16. The Kier molecular flexibility index (Phi) is 8.26. The lowest BCUT2D eigenvalue weighted by atomic mass is 10.1. The highest BCUT2D eigenvalue weighted by molar-refractivity contribution is 5.93. The Morgan fingerprint density at radius 2 is 2.00 bits per heavy atom. The molecule has 1 fully saturated rings. The highest BCUT2D eigenvalue weighted by Gasteiger charge is 2.26. The molecule has 1 aliphatic rings. The number of rotatable bonds is 9. The van der Waals surface area contributed by atoms with Crippen molar-refractivity contribution in [3.63, 3.8) is 0 Å². The maximum absolute atomic E-state index is 12.8. The van der Waals surface area contributed by atoms with Gasteiger partial charge in [0.15, 0.2) is 5.69 Å². The normalized spacial score (nSPS) is 15.3. The number of carbonyl (C=O) groups is 1. The molecule has 2 aromatic rings. The summed E-state index contributed by atoms with van der Waals surface area (Å²) in [5.41, 5.74) is 11.6. The van der Waals surface area contributed by atoms with E-state index in [1.165, 1.54) is 22.2 Å². The smallest absolute Gasteiger partial charge is 0.293 e. The van der Waals surface area contributed by atoms with Crippen molar-refractivity contribution in [2.75, 3.05) is 18.8 Å². The van der Waals surface area contributed by atoms with Gasteiger partial charge in [-0.3, -0.25) is 9.69 Å². The van der Waals surface area contributed by atoms with Crippen molar-refractivity contribution in [2.24, 2.45) is 5.10 Å². The zero-order valence-corrected chi connectivity index (χ0v) is 18.9. The minimum atomic E-state index is -0.454. The van der Waals surface area contributed by atoms with Gasteiger partial charge in [-0.2, -0.15) is 9.78 Å². The fourth-order valence-electron chi connectivity index (χ4n) is 3.44. The van der Waals surface area contributed by atoms with Crippen LogP contribution in [0.2, 0.25) is 0 Å². The van der Waals surface area contributed by atoms with E-state index in [9.17, 15) is 4.79 Å². The SMILES string of the molecule is CC(C)=CCCC(C)=CC=NNC(=O)c1nnn(-c2nonc2N)c1CN1CCCCC1. The first-order chi connectivity index (χ1) is 15.5. The molecule has 0 atom stereocenters. The van der Waals surface area contributed by atoms with Gasteiger partial charge in [-0.25, -0.2) is 10.1 Å². The van der Waals surface area contributed by atoms with Gasteiger partial charge < -0.3 is 5.73 Å². The third kappa shape index (κ3) is 6.33. The highest BCUT2D eigenvalue weighted by Crippen LogP contribution is 2.19. The molecule has 2 aromatic heterocycles. The number of nitrogens with zero attached hydrogens (tertiary/aromatic N) is 7. The minimum Gasteiger partial charge on any atom is -0.378 e. The second kappa shape index (κ2) is 11.3. The van der Waals surface area contributed by atoms with Crippen LogP contribution in [0.15, 0.2) is 33.0 Å². The number of nitrogens with two attached hydrogens (primary N) is 1. The summed E-state index contributed by atoms with van der Waals surface area (Å²) in [6.45, 7) is 8.56. The Balaban J connectivity index is 1.71. The molecule has 172 valence electrons. The summed E-state index contributed by atoms with van der Waals surface area (Å²) in [6, 6.07) is 0. The number of amides is 1. The van der Waals surface area contributed by atoms with E-state index in [-0.39, 0.29) is 17.3 Å². The molecule has 0 aromatic carbocycles. The maximum atomic E-state index is 12.8. The molecule has 0 radical (unpaired) electrons. The molecule has 0 spiro atoms. The molecular formula is C21H31N9O2. The molecule has 3 N–H and O–H groups in total. The number of likely N-dealkylation sites (tertiary alicyclic amines) is 1. The number of allylic oxidation sites excluding steroid dienone is 4. The van der Waals surface area contributed by atoms with Crippen molar-refractivity contribution in [3.05, 3.63) is 34.7 Å². The van der Waals surface area contributed by atoms with E-state index in [4.69, 9.17) is 10.4 Å². The minimum absolute atomic E-state index is 0.0773. The van der Waals surface area contributed by atoms with Gasteiger partial charge in [0.2, 0.25) is 11.6 Å². The average molecular weight is 442 g/mol. The van der Waals surface area contributed by atoms with Crippen LogP contribution in [0, 0.1) is 0 Å². The summed E-state index contributed by atoms with van der Waals surface area (Å²) in [4.78, 5) is 15.0. The first kappa shape index (κ1) is 23.3. The molecule has 1 aliphatic heterocycles. The van der Waals surface area contributed by atoms with E-state index in [0.29, 0.717) is 12.2 Å². The van der Waals surface area contributed by atoms with E-state index in [1.54, 1.807) is 6.21 Å². The van der Waals surface area contributed by atoms with Crippen LogP contribution in [0.1, 0.15) is 69.1 Å². The average Bonchev–Trinajstić information content (AvgIpc) is 3.37. The van der Waals surface area contributed by atoms with Gasteiger partial charge in [0.1, 0.15) is 0 Å². The van der Waals surface area contributed by atoms with Gasteiger partial charge in [0, 0.05) is 12.8 Å². The Hall–Kier alpha value is -3.34. The van der Waals surface area contributed by atoms with Crippen LogP contribution in [-0.2, 0) is 6.54 Å². The molecule has 32 heavy (non-hydrogen) atoms. The van der Waals surface area contributed by atoms with Gasteiger partial charge in [-0.05, 0) is 75.9 Å². The van der Waals surface area contributed by atoms with E-state index in [1.807, 2.05) is 13.0 Å². The summed E-state index contributed by atoms with van der Waals surface area (Å²) in [5, 5.41) is 19.6. The number of anilines is 1. The largest absolute Gasteiger partial charge is 0.378 e. The second-order valence-electron chi connectivity index (χ2n) is 8.16. The van der Waals surface area contributed by atoms with E-state index >= 15 is 0 Å². The summed E-state index contributed by atoms with van der Waals surface area (Å²) >= 11 is 0. The van der Waals surface area contributed by atoms with Crippen molar-refractivity contribution in [1.82, 2.24) is 35.6 Å². The number of carbonyl (C=O) groups excluding carboxylic acids is 1. The fourth-order valence-corrected chi connectivity index (χ4v) is 3.44. The number of hydrogen-bond acceptors (Lipinski definition) is 9. The summed E-state index contributed by atoms with van der Waals surface area (Å²) < 4.78 is 6.10. The van der Waals surface area contributed by atoms with Crippen LogP contribution in [0.4, 0.5) is 5.82 Å². The lowest BCUT2D eigenvalue weighted by Crippen LogP contribution is -2.31. The van der Waals surface area contributed by atoms with Crippen LogP contribution >= 0.6 is 0 Å². The summed E-state index contributed by atoms with van der Waals surface area (Å²) in [7, 11) is 0. The molecule has 0 bridgehead atoms. The van der Waals surface area contributed by atoms with Gasteiger partial charge >= 0.3 is 0 Å². The zero-order valence-electron chi connectivity index (χ0n) is 18.9. The van der Waals surface area contributed by atoms with Crippen molar-refractivity contribution in [2.45, 2.75) is 59.4 Å². The van der Waals surface area contributed by atoms with Crippen molar-refractivity contribution < 1.29 is 9.42 Å². The highest BCUT2D eigenvalue weighted by atomic mass is 16.6. The zero-order chi connectivity index (χ0) is 22.9. The first-order valence-corrected chi connectivity index (χ1v) is 10.8. The van der Waals surface area contributed by atoms with E-state index in [0.717, 1.165) is 38.8 Å². The third-order valence-electron chi connectivity index (χ3n) is 5.19. The molecular weight excluding hydrogens is 410 g/mol. The molecule has 11 heteroatoms. The monoisotopic (exact) mass is 441 g/mol. The maximum Gasteiger partial charge on any atom is 0.293 e. The number of piperidine rings is 1. The molecule has 11 nitrogen and oxygen atoms in total.